The quantitative estimate of drug-likeness (QED) is 0.760. The number of rotatable bonds is 5. The molecule has 4 heteroatoms. The van der Waals surface area contributed by atoms with Gasteiger partial charge in [-0.05, 0) is 12.1 Å². The smallest absolute Gasteiger partial charge is 0.203 e. The minimum Gasteiger partial charge on any atom is -0.493 e. The first kappa shape index (κ1) is 11.0. The van der Waals surface area contributed by atoms with Crippen molar-refractivity contribution in [1.29, 1.82) is 0 Å². The molecule has 0 amide bonds. The van der Waals surface area contributed by atoms with E-state index >= 15 is 0 Å². The molecule has 3 nitrogen and oxygen atoms in total. The molecule has 0 atom stereocenters. The Balaban J connectivity index is 2.90. The van der Waals surface area contributed by atoms with Crippen LogP contribution >= 0.6 is 12.6 Å². The van der Waals surface area contributed by atoms with E-state index in [4.69, 9.17) is 14.2 Å². The molecule has 0 aromatic heterocycles. The van der Waals surface area contributed by atoms with Crippen LogP contribution in [0.1, 0.15) is 0 Å². The number of hydrogen-bond donors (Lipinski definition) is 1. The van der Waals surface area contributed by atoms with Gasteiger partial charge in [-0.15, -0.1) is 0 Å². The summed E-state index contributed by atoms with van der Waals surface area (Å²) in [5.74, 6) is 2.64. The number of methoxy groups -OCH3 is 2. The van der Waals surface area contributed by atoms with Crippen molar-refractivity contribution in [1.82, 2.24) is 0 Å². The Bertz CT molecular complexity index is 289. The number of benzene rings is 1. The van der Waals surface area contributed by atoms with Gasteiger partial charge >= 0.3 is 0 Å². The molecule has 0 unspecified atom stereocenters. The van der Waals surface area contributed by atoms with Crippen molar-refractivity contribution in [3.63, 3.8) is 0 Å². The molecule has 0 spiro atoms. The molecular weight excluding hydrogens is 200 g/mol. The maximum Gasteiger partial charge on any atom is 0.203 e. The molecule has 0 radical (unpaired) electrons. The molecule has 1 aromatic rings. The lowest BCUT2D eigenvalue weighted by atomic mass is 10.3. The first-order valence-corrected chi connectivity index (χ1v) is 4.91. The van der Waals surface area contributed by atoms with E-state index in [9.17, 15) is 0 Å². The second-order valence-corrected chi connectivity index (χ2v) is 3.01. The van der Waals surface area contributed by atoms with Crippen molar-refractivity contribution in [2.24, 2.45) is 0 Å². The lowest BCUT2D eigenvalue weighted by molar-refractivity contribution is 0.299. The fourth-order valence-corrected chi connectivity index (χ4v) is 1.22. The summed E-state index contributed by atoms with van der Waals surface area (Å²) in [7, 11) is 3.19. The lowest BCUT2D eigenvalue weighted by Gasteiger charge is -2.12. The molecule has 1 aromatic carbocycles. The second kappa shape index (κ2) is 5.65. The summed E-state index contributed by atoms with van der Waals surface area (Å²) >= 11 is 4.07. The minimum absolute atomic E-state index is 0.548. The summed E-state index contributed by atoms with van der Waals surface area (Å²) in [6, 6.07) is 5.52. The molecule has 0 saturated carbocycles. The van der Waals surface area contributed by atoms with Gasteiger partial charge in [-0.1, -0.05) is 6.07 Å². The van der Waals surface area contributed by atoms with Crippen LogP contribution in [-0.4, -0.2) is 26.6 Å². The molecule has 14 heavy (non-hydrogen) atoms. The molecule has 0 aliphatic heterocycles. The highest BCUT2D eigenvalue weighted by molar-refractivity contribution is 7.80. The van der Waals surface area contributed by atoms with Gasteiger partial charge in [-0.25, -0.2) is 0 Å². The van der Waals surface area contributed by atoms with Crippen LogP contribution in [0.5, 0.6) is 17.2 Å². The highest BCUT2D eigenvalue weighted by Crippen LogP contribution is 2.36. The molecule has 0 aliphatic rings. The van der Waals surface area contributed by atoms with E-state index in [2.05, 4.69) is 12.6 Å². The van der Waals surface area contributed by atoms with E-state index in [1.807, 2.05) is 18.2 Å². The lowest BCUT2D eigenvalue weighted by Crippen LogP contribution is -2.01. The van der Waals surface area contributed by atoms with Gasteiger partial charge < -0.3 is 14.2 Å². The second-order valence-electron chi connectivity index (χ2n) is 2.56. The van der Waals surface area contributed by atoms with E-state index in [1.165, 1.54) is 0 Å². The Hall–Kier alpha value is -1.03. The fourth-order valence-electron chi connectivity index (χ4n) is 1.13. The van der Waals surface area contributed by atoms with E-state index in [1.54, 1.807) is 14.2 Å². The molecule has 0 heterocycles. The SMILES string of the molecule is COc1cccc(OCCS)c1OC. The van der Waals surface area contributed by atoms with Gasteiger partial charge in [0, 0.05) is 5.75 Å². The van der Waals surface area contributed by atoms with Crippen molar-refractivity contribution in [3.05, 3.63) is 18.2 Å². The van der Waals surface area contributed by atoms with Gasteiger partial charge in [0.2, 0.25) is 5.75 Å². The van der Waals surface area contributed by atoms with Crippen LogP contribution in [-0.2, 0) is 0 Å². The van der Waals surface area contributed by atoms with Crippen LogP contribution in [0.15, 0.2) is 18.2 Å². The third-order valence-electron chi connectivity index (χ3n) is 1.72. The third-order valence-corrected chi connectivity index (χ3v) is 1.90. The molecule has 1 rings (SSSR count). The largest absolute Gasteiger partial charge is 0.493 e. The first-order valence-electron chi connectivity index (χ1n) is 4.28. The van der Waals surface area contributed by atoms with Gasteiger partial charge in [-0.2, -0.15) is 12.6 Å². The number of ether oxygens (including phenoxy) is 3. The van der Waals surface area contributed by atoms with Crippen molar-refractivity contribution in [2.45, 2.75) is 0 Å². The number of para-hydroxylation sites is 1. The Labute approximate surface area is 89.4 Å². The van der Waals surface area contributed by atoms with Crippen LogP contribution in [0.25, 0.3) is 0 Å². The third kappa shape index (κ3) is 2.48. The topological polar surface area (TPSA) is 27.7 Å². The highest BCUT2D eigenvalue weighted by Gasteiger charge is 2.09. The summed E-state index contributed by atoms with van der Waals surface area (Å²) in [6.07, 6.45) is 0. The zero-order valence-electron chi connectivity index (χ0n) is 8.32. The standard InChI is InChI=1S/C10H14O3S/c1-11-8-4-3-5-9(10(8)12-2)13-6-7-14/h3-5,14H,6-7H2,1-2H3. The Morgan fingerprint density at radius 3 is 2.43 bits per heavy atom. The van der Waals surface area contributed by atoms with E-state index < -0.39 is 0 Å². The van der Waals surface area contributed by atoms with Gasteiger partial charge in [0.1, 0.15) is 0 Å². The van der Waals surface area contributed by atoms with E-state index in [0.29, 0.717) is 29.6 Å². The van der Waals surface area contributed by atoms with Crippen LogP contribution in [0.3, 0.4) is 0 Å². The Morgan fingerprint density at radius 2 is 1.86 bits per heavy atom. The van der Waals surface area contributed by atoms with Gasteiger partial charge in [0.05, 0.1) is 20.8 Å². The predicted octanol–water partition coefficient (Wildman–Crippen LogP) is 2.01. The molecule has 0 bridgehead atoms. The van der Waals surface area contributed by atoms with Crippen molar-refractivity contribution >= 4 is 12.6 Å². The molecule has 0 N–H and O–H groups in total. The molecule has 0 fully saturated rings. The normalized spacial score (nSPS) is 9.64. The zero-order valence-corrected chi connectivity index (χ0v) is 9.21. The number of thiol groups is 1. The van der Waals surface area contributed by atoms with Gasteiger partial charge in [0.25, 0.3) is 0 Å². The summed E-state index contributed by atoms with van der Waals surface area (Å²) in [5.41, 5.74) is 0. The van der Waals surface area contributed by atoms with E-state index in [0.717, 1.165) is 0 Å². The maximum atomic E-state index is 5.44. The van der Waals surface area contributed by atoms with Crippen LogP contribution < -0.4 is 14.2 Å². The molecular formula is C10H14O3S. The van der Waals surface area contributed by atoms with Crippen molar-refractivity contribution in [2.75, 3.05) is 26.6 Å². The summed E-state index contributed by atoms with van der Waals surface area (Å²) < 4.78 is 15.8. The Kier molecular flexibility index (Phi) is 4.46. The first-order chi connectivity index (χ1) is 6.83. The van der Waals surface area contributed by atoms with Crippen LogP contribution in [0.2, 0.25) is 0 Å². The van der Waals surface area contributed by atoms with Crippen LogP contribution in [0.4, 0.5) is 0 Å². The Morgan fingerprint density at radius 1 is 1.14 bits per heavy atom. The average Bonchev–Trinajstić information content (AvgIpc) is 2.25. The van der Waals surface area contributed by atoms with Crippen molar-refractivity contribution in [3.8, 4) is 17.2 Å². The highest BCUT2D eigenvalue weighted by atomic mass is 32.1. The average molecular weight is 214 g/mol. The zero-order chi connectivity index (χ0) is 10.4. The molecule has 0 aliphatic carbocycles. The summed E-state index contributed by atoms with van der Waals surface area (Å²) in [4.78, 5) is 0. The van der Waals surface area contributed by atoms with Gasteiger partial charge in [0.15, 0.2) is 11.5 Å². The van der Waals surface area contributed by atoms with Crippen LogP contribution in [0, 0.1) is 0 Å². The minimum atomic E-state index is 0.548. The molecule has 0 saturated heterocycles. The van der Waals surface area contributed by atoms with Crippen molar-refractivity contribution < 1.29 is 14.2 Å². The summed E-state index contributed by atoms with van der Waals surface area (Å²) in [5, 5.41) is 0. The van der Waals surface area contributed by atoms with Gasteiger partial charge in [-0.3, -0.25) is 0 Å². The monoisotopic (exact) mass is 214 g/mol. The number of hydrogen-bond acceptors (Lipinski definition) is 4. The molecule has 78 valence electrons. The summed E-state index contributed by atoms with van der Waals surface area (Å²) in [6.45, 7) is 0.548. The maximum absolute atomic E-state index is 5.44. The fraction of sp³-hybridized carbons (Fsp3) is 0.400. The van der Waals surface area contributed by atoms with E-state index in [-0.39, 0.29) is 0 Å². The predicted molar refractivity (Wildman–Crippen MR) is 58.9 cm³/mol.